The molecule has 2 heteroatoms. The summed E-state index contributed by atoms with van der Waals surface area (Å²) < 4.78 is 10.7. The van der Waals surface area contributed by atoms with E-state index in [1.54, 1.807) is 0 Å². The van der Waals surface area contributed by atoms with E-state index in [2.05, 4.69) is 13.8 Å². The maximum atomic E-state index is 5.36. The summed E-state index contributed by atoms with van der Waals surface area (Å²) in [5, 5.41) is 0. The summed E-state index contributed by atoms with van der Waals surface area (Å²) in [5.74, 6) is 0.822. The molecule has 1 fully saturated rings. The Balaban J connectivity index is 1.99. The molecule has 1 atom stereocenters. The van der Waals surface area contributed by atoms with E-state index in [9.17, 15) is 0 Å². The van der Waals surface area contributed by atoms with Crippen molar-refractivity contribution in [3.8, 4) is 0 Å². The first-order chi connectivity index (χ1) is 5.83. The summed E-state index contributed by atoms with van der Waals surface area (Å²) >= 11 is 0. The standard InChI is InChI=1S/C10H20O2/c1-3-4-9(2)5-6-10-11-7-8-12-10/h9-10H,3-8H2,1-2H3/t9-/m1/s1. The molecular formula is C10H20O2. The van der Waals surface area contributed by atoms with Crippen LogP contribution in [0.15, 0.2) is 0 Å². The van der Waals surface area contributed by atoms with Crippen molar-refractivity contribution in [1.29, 1.82) is 0 Å². The van der Waals surface area contributed by atoms with E-state index in [4.69, 9.17) is 9.47 Å². The smallest absolute Gasteiger partial charge is 0.157 e. The van der Waals surface area contributed by atoms with E-state index in [0.717, 1.165) is 25.6 Å². The molecule has 0 saturated carbocycles. The summed E-state index contributed by atoms with van der Waals surface area (Å²) in [6, 6.07) is 0. The minimum absolute atomic E-state index is 0.101. The largest absolute Gasteiger partial charge is 0.350 e. The molecule has 12 heavy (non-hydrogen) atoms. The Kier molecular flexibility index (Phi) is 4.62. The summed E-state index contributed by atoms with van der Waals surface area (Å²) in [6.07, 6.45) is 5.02. The van der Waals surface area contributed by atoms with E-state index in [1.807, 2.05) is 0 Å². The second-order valence-corrected chi connectivity index (χ2v) is 3.64. The van der Waals surface area contributed by atoms with E-state index in [0.29, 0.717) is 0 Å². The van der Waals surface area contributed by atoms with Gasteiger partial charge in [-0.05, 0) is 18.8 Å². The van der Waals surface area contributed by atoms with Crippen LogP contribution >= 0.6 is 0 Å². The molecule has 0 aromatic rings. The minimum Gasteiger partial charge on any atom is -0.350 e. The van der Waals surface area contributed by atoms with Crippen molar-refractivity contribution in [2.75, 3.05) is 13.2 Å². The Morgan fingerprint density at radius 3 is 2.50 bits per heavy atom. The monoisotopic (exact) mass is 172 g/mol. The van der Waals surface area contributed by atoms with Gasteiger partial charge in [-0.3, -0.25) is 0 Å². The number of hydrogen-bond donors (Lipinski definition) is 0. The van der Waals surface area contributed by atoms with Gasteiger partial charge in [0.25, 0.3) is 0 Å². The van der Waals surface area contributed by atoms with Crippen molar-refractivity contribution < 1.29 is 9.47 Å². The third kappa shape index (κ3) is 3.55. The Bertz CT molecular complexity index is 108. The fraction of sp³-hybridized carbons (Fsp3) is 1.00. The second-order valence-electron chi connectivity index (χ2n) is 3.64. The molecule has 0 unspecified atom stereocenters. The molecule has 0 aromatic heterocycles. The van der Waals surface area contributed by atoms with Crippen LogP contribution in [0.4, 0.5) is 0 Å². The van der Waals surface area contributed by atoms with E-state index < -0.39 is 0 Å². The summed E-state index contributed by atoms with van der Waals surface area (Å²) in [4.78, 5) is 0. The predicted octanol–water partition coefficient (Wildman–Crippen LogP) is 2.58. The molecule has 1 aliphatic rings. The van der Waals surface area contributed by atoms with E-state index in [1.165, 1.54) is 19.3 Å². The molecule has 2 nitrogen and oxygen atoms in total. The van der Waals surface area contributed by atoms with Crippen LogP contribution in [0, 0.1) is 5.92 Å². The predicted molar refractivity (Wildman–Crippen MR) is 49.0 cm³/mol. The maximum absolute atomic E-state index is 5.36. The Morgan fingerprint density at radius 2 is 1.92 bits per heavy atom. The van der Waals surface area contributed by atoms with Crippen LogP contribution in [0.2, 0.25) is 0 Å². The highest BCUT2D eigenvalue weighted by atomic mass is 16.7. The van der Waals surface area contributed by atoms with Gasteiger partial charge in [0, 0.05) is 0 Å². The van der Waals surface area contributed by atoms with Crippen molar-refractivity contribution >= 4 is 0 Å². The second kappa shape index (κ2) is 5.55. The maximum Gasteiger partial charge on any atom is 0.157 e. The van der Waals surface area contributed by atoms with Gasteiger partial charge in [0.2, 0.25) is 0 Å². The highest BCUT2D eigenvalue weighted by molar-refractivity contribution is 4.57. The zero-order valence-corrected chi connectivity index (χ0v) is 8.21. The van der Waals surface area contributed by atoms with Gasteiger partial charge in [0.1, 0.15) is 0 Å². The summed E-state index contributed by atoms with van der Waals surface area (Å²) in [5.41, 5.74) is 0. The Labute approximate surface area is 75.2 Å². The van der Waals surface area contributed by atoms with Crippen LogP contribution in [0.3, 0.4) is 0 Å². The Morgan fingerprint density at radius 1 is 1.25 bits per heavy atom. The van der Waals surface area contributed by atoms with Crippen LogP contribution in [0.1, 0.15) is 39.5 Å². The summed E-state index contributed by atoms with van der Waals surface area (Å²) in [6.45, 7) is 6.11. The Hall–Kier alpha value is -0.0800. The molecule has 72 valence electrons. The molecule has 0 radical (unpaired) electrons. The van der Waals surface area contributed by atoms with Crippen LogP contribution in [-0.2, 0) is 9.47 Å². The van der Waals surface area contributed by atoms with Crippen LogP contribution in [-0.4, -0.2) is 19.5 Å². The van der Waals surface area contributed by atoms with Crippen molar-refractivity contribution in [3.63, 3.8) is 0 Å². The molecule has 0 bridgehead atoms. The lowest BCUT2D eigenvalue weighted by Crippen LogP contribution is -2.09. The highest BCUT2D eigenvalue weighted by Gasteiger charge is 2.16. The third-order valence-electron chi connectivity index (χ3n) is 2.37. The first-order valence-electron chi connectivity index (χ1n) is 5.06. The number of ether oxygens (including phenoxy) is 2. The summed E-state index contributed by atoms with van der Waals surface area (Å²) in [7, 11) is 0. The molecule has 1 heterocycles. The number of hydrogen-bond acceptors (Lipinski definition) is 2. The molecule has 1 aliphatic heterocycles. The van der Waals surface area contributed by atoms with Gasteiger partial charge in [0.05, 0.1) is 13.2 Å². The third-order valence-corrected chi connectivity index (χ3v) is 2.37. The van der Waals surface area contributed by atoms with Crippen LogP contribution < -0.4 is 0 Å². The lowest BCUT2D eigenvalue weighted by molar-refractivity contribution is -0.0499. The van der Waals surface area contributed by atoms with Crippen LogP contribution in [0.25, 0.3) is 0 Å². The first kappa shape index (κ1) is 10.0. The average Bonchev–Trinajstić information content (AvgIpc) is 2.53. The van der Waals surface area contributed by atoms with E-state index >= 15 is 0 Å². The molecule has 0 aliphatic carbocycles. The fourth-order valence-electron chi connectivity index (χ4n) is 1.63. The van der Waals surface area contributed by atoms with Gasteiger partial charge < -0.3 is 9.47 Å². The van der Waals surface area contributed by atoms with Crippen molar-refractivity contribution in [1.82, 2.24) is 0 Å². The lowest BCUT2D eigenvalue weighted by Gasteiger charge is -2.12. The topological polar surface area (TPSA) is 18.5 Å². The number of rotatable bonds is 5. The fourth-order valence-corrected chi connectivity index (χ4v) is 1.63. The van der Waals surface area contributed by atoms with Gasteiger partial charge >= 0.3 is 0 Å². The molecule has 1 rings (SSSR count). The lowest BCUT2D eigenvalue weighted by atomic mass is 10.0. The van der Waals surface area contributed by atoms with Gasteiger partial charge in [-0.15, -0.1) is 0 Å². The minimum atomic E-state index is 0.101. The molecule has 0 amide bonds. The highest BCUT2D eigenvalue weighted by Crippen LogP contribution is 2.17. The van der Waals surface area contributed by atoms with Gasteiger partial charge in [-0.25, -0.2) is 0 Å². The molecule has 0 N–H and O–H groups in total. The van der Waals surface area contributed by atoms with Crippen molar-refractivity contribution in [3.05, 3.63) is 0 Å². The SMILES string of the molecule is CCC[C@@H](C)CCC1OCCO1. The molecule has 0 spiro atoms. The average molecular weight is 172 g/mol. The zero-order chi connectivity index (χ0) is 8.81. The van der Waals surface area contributed by atoms with Crippen molar-refractivity contribution in [2.24, 2.45) is 5.92 Å². The van der Waals surface area contributed by atoms with Crippen LogP contribution in [0.5, 0.6) is 0 Å². The van der Waals surface area contributed by atoms with E-state index in [-0.39, 0.29) is 6.29 Å². The van der Waals surface area contributed by atoms with Gasteiger partial charge in [-0.1, -0.05) is 26.7 Å². The first-order valence-corrected chi connectivity index (χ1v) is 5.06. The molecular weight excluding hydrogens is 152 g/mol. The molecule has 0 aromatic carbocycles. The van der Waals surface area contributed by atoms with Crippen molar-refractivity contribution in [2.45, 2.75) is 45.8 Å². The zero-order valence-electron chi connectivity index (χ0n) is 8.21. The van der Waals surface area contributed by atoms with Gasteiger partial charge in [-0.2, -0.15) is 0 Å². The quantitative estimate of drug-likeness (QED) is 0.634. The normalized spacial score (nSPS) is 21.5. The molecule has 1 saturated heterocycles. The van der Waals surface area contributed by atoms with Gasteiger partial charge in [0.15, 0.2) is 6.29 Å².